The van der Waals surface area contributed by atoms with E-state index >= 15 is 0 Å². The van der Waals surface area contributed by atoms with Gasteiger partial charge in [0.15, 0.2) is 0 Å². The number of hydrogen-bond acceptors (Lipinski definition) is 4. The minimum Gasteiger partial charge on any atom is -0.342 e. The summed E-state index contributed by atoms with van der Waals surface area (Å²) in [6.07, 6.45) is 0. The van der Waals surface area contributed by atoms with E-state index in [2.05, 4.69) is 15.3 Å². The Balaban J connectivity index is 1.94. The molecule has 0 radical (unpaired) electrons. The number of amides is 1. The lowest BCUT2D eigenvalue weighted by atomic mass is 10.0. The number of H-pyrrole nitrogens is 1. The summed E-state index contributed by atoms with van der Waals surface area (Å²) in [5.41, 5.74) is 1.78. The number of carbonyl (C=O) groups is 1. The van der Waals surface area contributed by atoms with Crippen LogP contribution in [0.3, 0.4) is 0 Å². The third-order valence-electron chi connectivity index (χ3n) is 5.24. The van der Waals surface area contributed by atoms with E-state index in [0.717, 1.165) is 11.0 Å². The van der Waals surface area contributed by atoms with Gasteiger partial charge in [0.2, 0.25) is 10.0 Å². The van der Waals surface area contributed by atoms with Gasteiger partial charge in [-0.1, -0.05) is 37.6 Å². The molecule has 2 N–H and O–H groups in total. The van der Waals surface area contributed by atoms with Crippen LogP contribution in [-0.4, -0.2) is 41.7 Å². The van der Waals surface area contributed by atoms with Gasteiger partial charge in [-0.05, 0) is 50.1 Å². The maximum atomic E-state index is 13.1. The first-order valence-electron chi connectivity index (χ1n) is 10.1. The Morgan fingerprint density at radius 2 is 1.81 bits per heavy atom. The molecule has 9 heteroatoms. The monoisotopic (exact) mass is 462 g/mol. The van der Waals surface area contributed by atoms with Crippen LogP contribution in [0.5, 0.6) is 0 Å². The normalized spacial score (nSPS) is 13.3. The van der Waals surface area contributed by atoms with Crippen molar-refractivity contribution >= 4 is 38.6 Å². The summed E-state index contributed by atoms with van der Waals surface area (Å²) >= 11 is 6.26. The van der Waals surface area contributed by atoms with E-state index in [9.17, 15) is 13.2 Å². The molecule has 0 aliphatic carbocycles. The number of hydrogen-bond donors (Lipinski definition) is 2. The van der Waals surface area contributed by atoms with Crippen LogP contribution in [0.15, 0.2) is 47.4 Å². The summed E-state index contributed by atoms with van der Waals surface area (Å²) < 4.78 is 26.9. The molecular formula is C22H27ClN4O3S. The number of aromatic nitrogens is 2. The van der Waals surface area contributed by atoms with Crippen LogP contribution in [0.1, 0.15) is 49.9 Å². The van der Waals surface area contributed by atoms with E-state index in [-0.39, 0.29) is 27.4 Å². The van der Waals surface area contributed by atoms with Crippen molar-refractivity contribution in [3.8, 4) is 0 Å². The van der Waals surface area contributed by atoms with Crippen LogP contribution < -0.4 is 5.32 Å². The third kappa shape index (κ3) is 4.76. The molecule has 1 aromatic heterocycles. The van der Waals surface area contributed by atoms with Crippen molar-refractivity contribution in [1.82, 2.24) is 19.6 Å². The molecule has 0 spiro atoms. The van der Waals surface area contributed by atoms with Crippen molar-refractivity contribution in [3.63, 3.8) is 0 Å². The third-order valence-corrected chi connectivity index (χ3v) is 7.60. The fraction of sp³-hybridized carbons (Fsp3) is 0.364. The Bertz CT molecular complexity index is 1170. The van der Waals surface area contributed by atoms with Crippen molar-refractivity contribution in [2.75, 3.05) is 7.05 Å². The van der Waals surface area contributed by atoms with Crippen LogP contribution in [0.25, 0.3) is 11.0 Å². The molecule has 0 saturated heterocycles. The fourth-order valence-electron chi connectivity index (χ4n) is 3.17. The van der Waals surface area contributed by atoms with Gasteiger partial charge in [0.25, 0.3) is 5.91 Å². The maximum absolute atomic E-state index is 13.1. The number of benzene rings is 2. The molecule has 0 aliphatic rings. The molecule has 0 fully saturated rings. The largest absolute Gasteiger partial charge is 0.342 e. The molecule has 0 unspecified atom stereocenters. The fourth-order valence-corrected chi connectivity index (χ4v) is 4.77. The number of aromatic amines is 1. The highest BCUT2D eigenvalue weighted by Crippen LogP contribution is 2.26. The zero-order chi connectivity index (χ0) is 22.9. The second-order valence-electron chi connectivity index (χ2n) is 8.09. The van der Waals surface area contributed by atoms with Gasteiger partial charge >= 0.3 is 0 Å². The van der Waals surface area contributed by atoms with Crippen molar-refractivity contribution in [2.45, 2.75) is 44.7 Å². The van der Waals surface area contributed by atoms with E-state index in [4.69, 9.17) is 11.6 Å². The number of sulfonamides is 1. The molecule has 3 rings (SSSR count). The molecule has 1 atom stereocenters. The van der Waals surface area contributed by atoms with Crippen molar-refractivity contribution in [1.29, 1.82) is 0 Å². The summed E-state index contributed by atoms with van der Waals surface area (Å²) in [4.78, 5) is 21.0. The van der Waals surface area contributed by atoms with Crippen LogP contribution in [0.4, 0.5) is 0 Å². The first kappa shape index (κ1) is 23.2. The summed E-state index contributed by atoms with van der Waals surface area (Å²) in [7, 11) is -2.24. The summed E-state index contributed by atoms with van der Waals surface area (Å²) in [6, 6.07) is 11.2. The smallest absolute Gasteiger partial charge is 0.253 e. The Kier molecular flexibility index (Phi) is 6.73. The highest BCUT2D eigenvalue weighted by molar-refractivity contribution is 7.89. The van der Waals surface area contributed by atoms with Gasteiger partial charge in [0.05, 0.1) is 32.6 Å². The number of imidazole rings is 1. The second-order valence-corrected chi connectivity index (χ2v) is 10.5. The number of fused-ring (bicyclic) bond motifs is 1. The molecular weight excluding hydrogens is 436 g/mol. The van der Waals surface area contributed by atoms with Crippen molar-refractivity contribution in [3.05, 3.63) is 58.9 Å². The predicted octanol–water partition coefficient (Wildman–Crippen LogP) is 4.37. The lowest BCUT2D eigenvalue weighted by Gasteiger charge is -2.22. The highest BCUT2D eigenvalue weighted by Gasteiger charge is 2.27. The zero-order valence-electron chi connectivity index (χ0n) is 18.2. The van der Waals surface area contributed by atoms with E-state index in [1.807, 2.05) is 38.1 Å². The molecule has 1 amide bonds. The Hall–Kier alpha value is -2.42. The van der Waals surface area contributed by atoms with Crippen molar-refractivity contribution in [2.24, 2.45) is 5.92 Å². The Morgan fingerprint density at radius 1 is 1.13 bits per heavy atom. The minimum absolute atomic E-state index is 0.0167. The molecule has 0 aliphatic heterocycles. The first-order chi connectivity index (χ1) is 14.5. The van der Waals surface area contributed by atoms with E-state index < -0.39 is 22.0 Å². The maximum Gasteiger partial charge on any atom is 0.253 e. The number of halogens is 1. The number of nitrogens with zero attached hydrogens (tertiary/aromatic N) is 2. The Morgan fingerprint density at radius 3 is 2.42 bits per heavy atom. The molecule has 0 bridgehead atoms. The molecule has 31 heavy (non-hydrogen) atoms. The van der Waals surface area contributed by atoms with Gasteiger partial charge in [0, 0.05) is 13.1 Å². The van der Waals surface area contributed by atoms with Crippen LogP contribution >= 0.6 is 11.6 Å². The van der Waals surface area contributed by atoms with Crippen LogP contribution in [0, 0.1) is 5.92 Å². The molecule has 7 nitrogen and oxygen atoms in total. The average Bonchev–Trinajstić information content (AvgIpc) is 3.14. The van der Waals surface area contributed by atoms with Gasteiger partial charge < -0.3 is 10.3 Å². The average molecular weight is 463 g/mol. The molecule has 1 heterocycles. The lowest BCUT2D eigenvalue weighted by molar-refractivity contribution is 0.0923. The van der Waals surface area contributed by atoms with Gasteiger partial charge in [-0.2, -0.15) is 4.31 Å². The van der Waals surface area contributed by atoms with Crippen LogP contribution in [-0.2, 0) is 10.0 Å². The summed E-state index contributed by atoms with van der Waals surface area (Å²) in [6.45, 7) is 7.50. The minimum atomic E-state index is -3.75. The summed E-state index contributed by atoms with van der Waals surface area (Å²) in [5.74, 6) is 0.194. The molecule has 166 valence electrons. The van der Waals surface area contributed by atoms with Gasteiger partial charge in [0.1, 0.15) is 5.82 Å². The van der Waals surface area contributed by atoms with Gasteiger partial charge in [-0.15, -0.1) is 0 Å². The van der Waals surface area contributed by atoms with E-state index in [1.54, 1.807) is 13.8 Å². The molecule has 0 saturated carbocycles. The SMILES string of the molecule is CC(C)[C@H](NC(=O)c1cc(S(=O)(=O)N(C)C(C)C)ccc1Cl)c1nc2ccccc2[nH]1. The standard InChI is InChI=1S/C22H27ClN4O3S/c1-13(2)20(21-24-18-8-6-7-9-19(18)25-21)26-22(28)16-12-15(10-11-17(16)23)31(29,30)27(5)14(3)4/h6-14,20H,1-5H3,(H,24,25)(H,26,28)/t20-/m0/s1. The number of carbonyl (C=O) groups excluding carboxylic acids is 1. The van der Waals surface area contributed by atoms with Crippen LogP contribution in [0.2, 0.25) is 5.02 Å². The number of nitrogens with one attached hydrogen (secondary N) is 2. The highest BCUT2D eigenvalue weighted by atomic mass is 35.5. The predicted molar refractivity (Wildman–Crippen MR) is 123 cm³/mol. The van der Waals surface area contributed by atoms with E-state index in [1.165, 1.54) is 29.6 Å². The summed E-state index contributed by atoms with van der Waals surface area (Å²) in [5, 5.41) is 3.13. The first-order valence-corrected chi connectivity index (χ1v) is 11.9. The van der Waals surface area contributed by atoms with Gasteiger partial charge in [-0.3, -0.25) is 4.79 Å². The second kappa shape index (κ2) is 8.98. The van der Waals surface area contributed by atoms with E-state index in [0.29, 0.717) is 5.82 Å². The quantitative estimate of drug-likeness (QED) is 0.544. The number of rotatable bonds is 7. The molecule has 3 aromatic rings. The van der Waals surface area contributed by atoms with Crippen molar-refractivity contribution < 1.29 is 13.2 Å². The van der Waals surface area contributed by atoms with Gasteiger partial charge in [-0.25, -0.2) is 13.4 Å². The lowest BCUT2D eigenvalue weighted by Crippen LogP contribution is -2.34. The Labute approximate surface area is 187 Å². The topological polar surface area (TPSA) is 95.2 Å². The zero-order valence-corrected chi connectivity index (χ0v) is 19.8. The molecule has 2 aromatic carbocycles. The number of para-hydroxylation sites is 2.